The van der Waals surface area contributed by atoms with Gasteiger partial charge in [-0.05, 0) is 32.9 Å². The van der Waals surface area contributed by atoms with Crippen LogP contribution in [-0.4, -0.2) is 29.1 Å². The number of aromatic nitrogens is 1. The molecule has 1 aromatic heterocycles. The average molecular weight is 357 g/mol. The molecule has 1 atom stereocenters. The Morgan fingerprint density at radius 2 is 2.09 bits per heavy atom. The number of hydrogen-bond acceptors (Lipinski definition) is 4. The number of benzene rings is 1. The summed E-state index contributed by atoms with van der Waals surface area (Å²) in [7, 11) is 1.70. The SMILES string of the molecule is Cc1noc(C)c1CN(C)C(=O)[C@@H](C)Oc1cccc(Cl)c1Cl. The van der Waals surface area contributed by atoms with Crippen LogP contribution in [0.25, 0.3) is 0 Å². The van der Waals surface area contributed by atoms with Crippen molar-refractivity contribution in [3.05, 3.63) is 45.3 Å². The topological polar surface area (TPSA) is 55.6 Å². The van der Waals surface area contributed by atoms with Gasteiger partial charge in [-0.25, -0.2) is 0 Å². The Labute approximate surface area is 145 Å². The predicted octanol–water partition coefficient (Wildman–Crippen LogP) is 4.02. The summed E-state index contributed by atoms with van der Waals surface area (Å²) >= 11 is 12.0. The third-order valence-corrected chi connectivity index (χ3v) is 4.32. The van der Waals surface area contributed by atoms with Crippen molar-refractivity contribution in [1.82, 2.24) is 10.1 Å². The molecule has 5 nitrogen and oxygen atoms in total. The van der Waals surface area contributed by atoms with E-state index in [-0.39, 0.29) is 5.91 Å². The molecule has 7 heteroatoms. The van der Waals surface area contributed by atoms with E-state index < -0.39 is 6.10 Å². The van der Waals surface area contributed by atoms with Crippen LogP contribution in [-0.2, 0) is 11.3 Å². The van der Waals surface area contributed by atoms with Gasteiger partial charge in [0.25, 0.3) is 5.91 Å². The molecular formula is C16H18Cl2N2O3. The molecule has 0 aliphatic carbocycles. The smallest absolute Gasteiger partial charge is 0.263 e. The van der Waals surface area contributed by atoms with E-state index in [2.05, 4.69) is 5.16 Å². The highest BCUT2D eigenvalue weighted by atomic mass is 35.5. The summed E-state index contributed by atoms with van der Waals surface area (Å²) in [6, 6.07) is 5.05. The fourth-order valence-electron chi connectivity index (χ4n) is 2.17. The van der Waals surface area contributed by atoms with Crippen molar-refractivity contribution in [2.45, 2.75) is 33.4 Å². The van der Waals surface area contributed by atoms with Gasteiger partial charge >= 0.3 is 0 Å². The summed E-state index contributed by atoms with van der Waals surface area (Å²) in [5, 5.41) is 4.56. The standard InChI is InChI=1S/C16H18Cl2N2O3/c1-9-12(10(2)23-19-9)8-20(4)16(21)11(3)22-14-7-5-6-13(17)15(14)18/h5-7,11H,8H2,1-4H3/t11-/m1/s1. The summed E-state index contributed by atoms with van der Waals surface area (Å²) < 4.78 is 10.8. The van der Waals surface area contributed by atoms with Crippen molar-refractivity contribution >= 4 is 29.1 Å². The maximum absolute atomic E-state index is 12.5. The van der Waals surface area contributed by atoms with Crippen LogP contribution in [0.5, 0.6) is 5.75 Å². The molecule has 1 heterocycles. The molecule has 0 radical (unpaired) electrons. The third-order valence-electron chi connectivity index (χ3n) is 3.52. The number of hydrogen-bond donors (Lipinski definition) is 0. The highest BCUT2D eigenvalue weighted by Crippen LogP contribution is 2.32. The van der Waals surface area contributed by atoms with E-state index in [4.69, 9.17) is 32.5 Å². The quantitative estimate of drug-likeness (QED) is 0.811. The predicted molar refractivity (Wildman–Crippen MR) is 89.0 cm³/mol. The van der Waals surface area contributed by atoms with Crippen LogP contribution in [0.3, 0.4) is 0 Å². The summed E-state index contributed by atoms with van der Waals surface area (Å²) in [5.74, 6) is 0.903. The van der Waals surface area contributed by atoms with Gasteiger partial charge in [-0.15, -0.1) is 0 Å². The van der Waals surface area contributed by atoms with Gasteiger partial charge in [0.1, 0.15) is 16.5 Å². The zero-order valence-electron chi connectivity index (χ0n) is 13.4. The molecule has 0 bridgehead atoms. The molecule has 23 heavy (non-hydrogen) atoms. The largest absolute Gasteiger partial charge is 0.479 e. The van der Waals surface area contributed by atoms with Crippen molar-refractivity contribution < 1.29 is 14.1 Å². The Morgan fingerprint density at radius 1 is 1.39 bits per heavy atom. The summed E-state index contributed by atoms with van der Waals surface area (Å²) in [4.78, 5) is 14.0. The molecule has 1 amide bonds. The number of nitrogens with zero attached hydrogens (tertiary/aromatic N) is 2. The minimum Gasteiger partial charge on any atom is -0.479 e. The zero-order valence-corrected chi connectivity index (χ0v) is 14.9. The Bertz CT molecular complexity index is 696. The van der Waals surface area contributed by atoms with E-state index in [1.807, 2.05) is 13.8 Å². The van der Waals surface area contributed by atoms with Crippen LogP contribution < -0.4 is 4.74 Å². The molecule has 0 saturated carbocycles. The van der Waals surface area contributed by atoms with E-state index in [1.165, 1.54) is 0 Å². The van der Waals surface area contributed by atoms with Crippen LogP contribution in [0.2, 0.25) is 10.0 Å². The normalized spacial score (nSPS) is 12.1. The monoisotopic (exact) mass is 356 g/mol. The van der Waals surface area contributed by atoms with Crippen LogP contribution in [0.1, 0.15) is 23.9 Å². The molecule has 0 aliphatic rings. The lowest BCUT2D eigenvalue weighted by Gasteiger charge is -2.22. The highest BCUT2D eigenvalue weighted by Gasteiger charge is 2.22. The molecular weight excluding hydrogens is 339 g/mol. The lowest BCUT2D eigenvalue weighted by atomic mass is 10.2. The van der Waals surface area contributed by atoms with Crippen molar-refractivity contribution in [3.8, 4) is 5.75 Å². The Balaban J connectivity index is 2.05. The van der Waals surface area contributed by atoms with Crippen LogP contribution in [0.4, 0.5) is 0 Å². The first-order valence-electron chi connectivity index (χ1n) is 7.08. The van der Waals surface area contributed by atoms with Crippen molar-refractivity contribution in [2.75, 3.05) is 7.05 Å². The van der Waals surface area contributed by atoms with Crippen molar-refractivity contribution in [2.24, 2.45) is 0 Å². The number of ether oxygens (including phenoxy) is 1. The maximum Gasteiger partial charge on any atom is 0.263 e. The van der Waals surface area contributed by atoms with Gasteiger partial charge in [-0.2, -0.15) is 0 Å². The lowest BCUT2D eigenvalue weighted by Crippen LogP contribution is -2.37. The van der Waals surface area contributed by atoms with Crippen molar-refractivity contribution in [3.63, 3.8) is 0 Å². The van der Waals surface area contributed by atoms with E-state index >= 15 is 0 Å². The Hall–Kier alpha value is -1.72. The summed E-state index contributed by atoms with van der Waals surface area (Å²) in [6.45, 7) is 5.73. The summed E-state index contributed by atoms with van der Waals surface area (Å²) in [6.07, 6.45) is -0.698. The van der Waals surface area contributed by atoms with Gasteiger partial charge in [-0.1, -0.05) is 34.4 Å². The summed E-state index contributed by atoms with van der Waals surface area (Å²) in [5.41, 5.74) is 1.67. The average Bonchev–Trinajstić information content (AvgIpc) is 2.82. The second kappa shape index (κ2) is 7.23. The Morgan fingerprint density at radius 3 is 2.70 bits per heavy atom. The second-order valence-electron chi connectivity index (χ2n) is 5.31. The molecule has 0 fully saturated rings. The van der Waals surface area contributed by atoms with Gasteiger partial charge in [0, 0.05) is 12.6 Å². The second-order valence-corrected chi connectivity index (χ2v) is 6.09. The molecule has 0 unspecified atom stereocenters. The third kappa shape index (κ3) is 3.98. The van der Waals surface area contributed by atoms with Gasteiger partial charge in [0.2, 0.25) is 0 Å². The van der Waals surface area contributed by atoms with Crippen molar-refractivity contribution in [1.29, 1.82) is 0 Å². The molecule has 2 aromatic rings. The van der Waals surface area contributed by atoms with E-state index in [9.17, 15) is 4.79 Å². The number of rotatable bonds is 5. The number of aryl methyl sites for hydroxylation is 2. The van der Waals surface area contributed by atoms with E-state index in [1.54, 1.807) is 37.1 Å². The highest BCUT2D eigenvalue weighted by molar-refractivity contribution is 6.42. The van der Waals surface area contributed by atoms with Gasteiger partial charge < -0.3 is 14.2 Å². The van der Waals surface area contributed by atoms with Crippen LogP contribution >= 0.6 is 23.2 Å². The first-order valence-corrected chi connectivity index (χ1v) is 7.84. The molecule has 2 rings (SSSR count). The first kappa shape index (κ1) is 17.6. The zero-order chi connectivity index (χ0) is 17.1. The number of carbonyl (C=O) groups excluding carboxylic acids is 1. The molecule has 0 N–H and O–H groups in total. The van der Waals surface area contributed by atoms with Crippen LogP contribution in [0, 0.1) is 13.8 Å². The molecule has 0 aliphatic heterocycles. The van der Waals surface area contributed by atoms with Gasteiger partial charge in [0.15, 0.2) is 6.10 Å². The molecule has 0 saturated heterocycles. The molecule has 1 aromatic carbocycles. The Kier molecular flexibility index (Phi) is 5.55. The fourth-order valence-corrected chi connectivity index (χ4v) is 2.51. The van der Waals surface area contributed by atoms with E-state index in [0.717, 1.165) is 11.3 Å². The van der Waals surface area contributed by atoms with Gasteiger partial charge in [-0.3, -0.25) is 4.79 Å². The lowest BCUT2D eigenvalue weighted by molar-refractivity contribution is -0.137. The fraction of sp³-hybridized carbons (Fsp3) is 0.375. The number of carbonyl (C=O) groups is 1. The molecule has 0 spiro atoms. The number of likely N-dealkylation sites (N-methyl/N-ethyl adjacent to an activating group) is 1. The minimum atomic E-state index is -0.698. The number of amides is 1. The first-order chi connectivity index (χ1) is 10.8. The van der Waals surface area contributed by atoms with Crippen LogP contribution in [0.15, 0.2) is 22.7 Å². The van der Waals surface area contributed by atoms with E-state index in [0.29, 0.717) is 28.1 Å². The maximum atomic E-state index is 12.5. The number of halogens is 2. The minimum absolute atomic E-state index is 0.180. The van der Waals surface area contributed by atoms with Gasteiger partial charge in [0.05, 0.1) is 17.3 Å². The molecule has 124 valence electrons.